The van der Waals surface area contributed by atoms with Crippen molar-refractivity contribution in [1.29, 1.82) is 0 Å². The maximum Gasteiger partial charge on any atom is 0.144 e. The van der Waals surface area contributed by atoms with E-state index in [0.717, 1.165) is 22.5 Å². The van der Waals surface area contributed by atoms with Gasteiger partial charge in [-0.25, -0.2) is 0 Å². The van der Waals surface area contributed by atoms with Crippen molar-refractivity contribution in [3.05, 3.63) is 59.2 Å². The molecule has 0 radical (unpaired) electrons. The van der Waals surface area contributed by atoms with Gasteiger partial charge in [0.2, 0.25) is 0 Å². The Kier molecular flexibility index (Phi) is 9.56. The predicted octanol–water partition coefficient (Wildman–Crippen LogP) is 2.99. The van der Waals surface area contributed by atoms with Crippen molar-refractivity contribution in [2.75, 3.05) is 13.1 Å². The lowest BCUT2D eigenvalue weighted by molar-refractivity contribution is 0.181. The minimum Gasteiger partial charge on any atom is -0.387 e. The summed E-state index contributed by atoms with van der Waals surface area (Å²) in [5, 5.41) is 26.3. The predicted molar refractivity (Wildman–Crippen MR) is 124 cm³/mol. The van der Waals surface area contributed by atoms with Gasteiger partial charge in [0, 0.05) is 48.0 Å². The molecule has 2 aromatic rings. The molecule has 6 nitrogen and oxygen atoms in total. The molecule has 2 aromatic heterocycles. The minimum atomic E-state index is -0.694. The average molecular weight is 455 g/mol. The van der Waals surface area contributed by atoms with Gasteiger partial charge in [0.15, 0.2) is 0 Å². The molecule has 28 heavy (non-hydrogen) atoms. The van der Waals surface area contributed by atoms with Crippen LogP contribution in [0.4, 0.5) is 0 Å². The second-order valence-corrected chi connectivity index (χ2v) is 9.48. The molecular formula is C18H22N4O2S4. The second kappa shape index (κ2) is 11.6. The number of nitrogens with zero attached hydrogens (tertiary/aromatic N) is 2. The normalized spacial score (nSPS) is 12.9. The maximum absolute atomic E-state index is 10.2. The molecule has 0 saturated heterocycles. The monoisotopic (exact) mass is 454 g/mol. The Morgan fingerprint density at radius 1 is 0.857 bits per heavy atom. The maximum atomic E-state index is 10.2. The molecule has 0 fully saturated rings. The van der Waals surface area contributed by atoms with Crippen molar-refractivity contribution in [2.45, 2.75) is 26.1 Å². The Labute approximate surface area is 183 Å². The topological polar surface area (TPSA) is 90.3 Å². The van der Waals surface area contributed by atoms with Gasteiger partial charge in [-0.05, 0) is 47.6 Å². The van der Waals surface area contributed by atoms with Gasteiger partial charge >= 0.3 is 0 Å². The molecule has 2 atom stereocenters. The first-order chi connectivity index (χ1) is 13.3. The van der Waals surface area contributed by atoms with Crippen LogP contribution in [0.25, 0.3) is 0 Å². The van der Waals surface area contributed by atoms with Gasteiger partial charge in [-0.2, -0.15) is 0 Å². The quantitative estimate of drug-likeness (QED) is 0.386. The molecule has 0 unspecified atom stereocenters. The van der Waals surface area contributed by atoms with Crippen molar-refractivity contribution < 1.29 is 10.2 Å². The summed E-state index contributed by atoms with van der Waals surface area (Å²) in [6.45, 7) is 4.36. The Bertz CT molecular complexity index is 720. The third-order valence-corrected chi connectivity index (χ3v) is 7.06. The highest BCUT2D eigenvalue weighted by Crippen LogP contribution is 2.24. The molecule has 2 rings (SSSR count). The molecule has 0 aliphatic heterocycles. The van der Waals surface area contributed by atoms with Crippen molar-refractivity contribution in [2.24, 2.45) is 0 Å². The van der Waals surface area contributed by atoms with E-state index < -0.39 is 12.2 Å². The van der Waals surface area contributed by atoms with E-state index in [1.165, 1.54) is 21.6 Å². The van der Waals surface area contributed by atoms with E-state index in [-0.39, 0.29) is 13.1 Å². The summed E-state index contributed by atoms with van der Waals surface area (Å²) in [6.07, 6.45) is 1.92. The van der Waals surface area contributed by atoms with Crippen molar-refractivity contribution in [1.82, 2.24) is 20.6 Å². The van der Waals surface area contributed by atoms with Crippen LogP contribution in [0, 0.1) is 13.8 Å². The van der Waals surface area contributed by atoms with Crippen LogP contribution < -0.4 is 10.6 Å². The second-order valence-electron chi connectivity index (χ2n) is 6.00. The van der Waals surface area contributed by atoms with E-state index in [0.29, 0.717) is 8.64 Å². The number of aromatic nitrogens is 2. The lowest BCUT2D eigenvalue weighted by Crippen LogP contribution is -2.26. The van der Waals surface area contributed by atoms with E-state index in [1.54, 1.807) is 12.4 Å². The minimum absolute atomic E-state index is 0.288. The Hall–Kier alpha value is -1.30. The highest BCUT2D eigenvalue weighted by Gasteiger charge is 2.11. The molecule has 0 bridgehead atoms. The largest absolute Gasteiger partial charge is 0.387 e. The first-order valence-electron chi connectivity index (χ1n) is 8.46. The van der Waals surface area contributed by atoms with E-state index in [9.17, 15) is 10.2 Å². The van der Waals surface area contributed by atoms with Crippen LogP contribution in [-0.4, -0.2) is 41.9 Å². The summed E-state index contributed by atoms with van der Waals surface area (Å²) in [4.78, 5) is 8.34. The zero-order valence-electron chi connectivity index (χ0n) is 15.5. The molecule has 0 aromatic carbocycles. The first-order valence-corrected chi connectivity index (χ1v) is 11.4. The molecule has 0 amide bonds. The van der Waals surface area contributed by atoms with Crippen LogP contribution in [0.5, 0.6) is 0 Å². The smallest absolute Gasteiger partial charge is 0.144 e. The molecular weight excluding hydrogens is 432 g/mol. The number of hydrogen-bond donors (Lipinski definition) is 4. The number of hydrogen-bond acceptors (Lipinski definition) is 8. The van der Waals surface area contributed by atoms with Gasteiger partial charge in [-0.15, -0.1) is 0 Å². The van der Waals surface area contributed by atoms with Crippen LogP contribution in [-0.2, 0) is 0 Å². The lowest BCUT2D eigenvalue weighted by atomic mass is 10.1. The van der Waals surface area contributed by atoms with E-state index >= 15 is 0 Å². The zero-order valence-corrected chi connectivity index (χ0v) is 18.7. The van der Waals surface area contributed by atoms with Crippen LogP contribution in [0.3, 0.4) is 0 Å². The van der Waals surface area contributed by atoms with E-state index in [2.05, 4.69) is 20.6 Å². The lowest BCUT2D eigenvalue weighted by Gasteiger charge is -2.14. The standard InChI is InChI=1S/C18H22N4O2S4/c1-11-3-5-13(7-19-11)15(23)9-21-17(25)27-28-18(26)22-10-16(24)14-6-4-12(2)20-8-14/h3-8,15-16,23-24H,9-10H2,1-2H3,(H,21,25)(H,22,26)/t15-,16+. The van der Waals surface area contributed by atoms with Crippen LogP contribution in [0.15, 0.2) is 36.7 Å². The fourth-order valence-corrected chi connectivity index (χ4v) is 4.11. The summed E-state index contributed by atoms with van der Waals surface area (Å²) >= 11 is 10.5. The highest BCUT2D eigenvalue weighted by molar-refractivity contribution is 8.89. The fraction of sp³-hybridized carbons (Fsp3) is 0.333. The van der Waals surface area contributed by atoms with Gasteiger partial charge in [-0.1, -0.05) is 36.6 Å². The SMILES string of the molecule is Cc1ccc([C@H](O)CNC(=S)SSC(=S)NC[C@H](O)c2ccc(C)nc2)cn1. The van der Waals surface area contributed by atoms with E-state index in [4.69, 9.17) is 24.4 Å². The fourth-order valence-electron chi connectivity index (χ4n) is 2.08. The third kappa shape index (κ3) is 7.98. The molecule has 4 N–H and O–H groups in total. The molecule has 0 saturated carbocycles. The Morgan fingerprint density at radius 3 is 1.57 bits per heavy atom. The number of pyridine rings is 2. The van der Waals surface area contributed by atoms with E-state index in [1.807, 2.05) is 38.1 Å². The Balaban J connectivity index is 1.65. The number of rotatable bonds is 6. The molecule has 0 aliphatic rings. The summed E-state index contributed by atoms with van der Waals surface area (Å²) in [5.41, 5.74) is 3.26. The summed E-state index contributed by atoms with van der Waals surface area (Å²) < 4.78 is 1.02. The summed E-state index contributed by atoms with van der Waals surface area (Å²) in [7, 11) is 2.57. The molecule has 2 heterocycles. The number of nitrogens with one attached hydrogen (secondary N) is 2. The van der Waals surface area contributed by atoms with Crippen molar-refractivity contribution in [3.63, 3.8) is 0 Å². The van der Waals surface area contributed by atoms with Gasteiger partial charge < -0.3 is 20.8 Å². The van der Waals surface area contributed by atoms with Crippen LogP contribution >= 0.6 is 46.0 Å². The summed E-state index contributed by atoms with van der Waals surface area (Å²) in [6, 6.07) is 7.39. The molecule has 150 valence electrons. The third-order valence-electron chi connectivity index (χ3n) is 3.71. The number of aliphatic hydroxyl groups is 2. The number of thiocarbonyl (C=S) groups is 2. The van der Waals surface area contributed by atoms with Crippen molar-refractivity contribution >= 4 is 54.7 Å². The van der Waals surface area contributed by atoms with Gasteiger partial charge in [-0.3, -0.25) is 9.97 Å². The first kappa shape index (κ1) is 23.0. The zero-order chi connectivity index (χ0) is 20.5. The van der Waals surface area contributed by atoms with Crippen LogP contribution in [0.2, 0.25) is 0 Å². The molecule has 10 heteroatoms. The van der Waals surface area contributed by atoms with Gasteiger partial charge in [0.25, 0.3) is 0 Å². The Morgan fingerprint density at radius 2 is 1.25 bits per heavy atom. The molecule has 0 aliphatic carbocycles. The summed E-state index contributed by atoms with van der Waals surface area (Å²) in [5.74, 6) is 0. The number of aryl methyl sites for hydroxylation is 2. The van der Waals surface area contributed by atoms with Gasteiger partial charge in [0.05, 0.1) is 12.2 Å². The highest BCUT2D eigenvalue weighted by atomic mass is 33.1. The van der Waals surface area contributed by atoms with Gasteiger partial charge in [0.1, 0.15) is 8.64 Å². The van der Waals surface area contributed by atoms with Crippen molar-refractivity contribution in [3.8, 4) is 0 Å². The number of aliphatic hydroxyl groups excluding tert-OH is 2. The van der Waals surface area contributed by atoms with Crippen LogP contribution in [0.1, 0.15) is 34.7 Å². The molecule has 0 spiro atoms. The average Bonchev–Trinajstić information content (AvgIpc) is 2.69.